The maximum absolute atomic E-state index is 13.9. The SMILES string of the molecule is COC(=O)[C@@H](CCCCNC(=O)OC(C)(C)C)NC(=O)[C@H](CC(=O)[C@@H](Cc1ccccc1)NC(=O)[C@H](C)Cc1ccc(C(F)(F)F)cc1)CC(C)C. The Morgan fingerprint density at radius 2 is 1.37 bits per heavy atom. The molecular weight excluding hydrogens is 679 g/mol. The molecular formula is C39H54F3N3O7. The van der Waals surface area contributed by atoms with Crippen LogP contribution >= 0.6 is 0 Å². The largest absolute Gasteiger partial charge is 0.467 e. The molecule has 0 bridgehead atoms. The number of carbonyl (C=O) groups is 5. The van der Waals surface area contributed by atoms with Crippen LogP contribution in [0.1, 0.15) is 90.3 Å². The van der Waals surface area contributed by atoms with E-state index in [2.05, 4.69) is 16.0 Å². The van der Waals surface area contributed by atoms with Gasteiger partial charge in [-0.05, 0) is 88.5 Å². The standard InChI is InChI=1S/C39H54F3N3O7/c1-25(2)21-29(35(48)44-31(36(49)51-7)15-11-12-20-43-37(50)52-38(4,5)6)24-33(46)32(23-27-13-9-8-10-14-27)45-34(47)26(3)22-28-16-18-30(19-17-28)39(40,41)42/h8-10,13-14,16-19,25-26,29,31-32H,11-12,15,20-24H2,1-7H3,(H,43,50)(H,44,48)(H,45,47)/t26-,29+,31-,32-/m1/s1. The van der Waals surface area contributed by atoms with Gasteiger partial charge < -0.3 is 25.4 Å². The minimum Gasteiger partial charge on any atom is -0.467 e. The molecule has 52 heavy (non-hydrogen) atoms. The summed E-state index contributed by atoms with van der Waals surface area (Å²) in [6, 6.07) is 11.7. The summed E-state index contributed by atoms with van der Waals surface area (Å²) in [6.07, 6.45) is -3.36. The molecule has 288 valence electrons. The fraction of sp³-hybridized carbons (Fsp3) is 0.564. The zero-order chi connectivity index (χ0) is 39.1. The number of Topliss-reactive ketones (excluding diaryl/α,β-unsaturated/α-hetero) is 1. The summed E-state index contributed by atoms with van der Waals surface area (Å²) in [6.45, 7) is 11.0. The smallest absolute Gasteiger partial charge is 0.416 e. The second-order valence-corrected chi connectivity index (χ2v) is 14.6. The highest BCUT2D eigenvalue weighted by molar-refractivity contribution is 5.94. The number of methoxy groups -OCH3 is 1. The number of esters is 1. The van der Waals surface area contributed by atoms with E-state index in [0.29, 0.717) is 31.4 Å². The van der Waals surface area contributed by atoms with Gasteiger partial charge in [-0.2, -0.15) is 13.2 Å². The van der Waals surface area contributed by atoms with Crippen LogP contribution in [0.3, 0.4) is 0 Å². The lowest BCUT2D eigenvalue weighted by atomic mass is 9.88. The maximum atomic E-state index is 13.9. The first kappa shape index (κ1) is 43.7. The Hall–Kier alpha value is -4.42. The minimum absolute atomic E-state index is 0.0185. The van der Waals surface area contributed by atoms with Crippen LogP contribution in [0, 0.1) is 17.8 Å². The summed E-state index contributed by atoms with van der Waals surface area (Å²) in [7, 11) is 1.22. The van der Waals surface area contributed by atoms with E-state index in [-0.39, 0.29) is 37.4 Å². The summed E-state index contributed by atoms with van der Waals surface area (Å²) in [5.41, 5.74) is -0.0993. The molecule has 2 aromatic rings. The first-order chi connectivity index (χ1) is 24.3. The average Bonchev–Trinajstić information content (AvgIpc) is 3.05. The van der Waals surface area contributed by atoms with Gasteiger partial charge in [-0.3, -0.25) is 14.4 Å². The van der Waals surface area contributed by atoms with Crippen LogP contribution < -0.4 is 16.0 Å². The lowest BCUT2D eigenvalue weighted by molar-refractivity contribution is -0.146. The Balaban J connectivity index is 2.14. The molecule has 0 saturated heterocycles. The van der Waals surface area contributed by atoms with Gasteiger partial charge in [0, 0.05) is 24.8 Å². The van der Waals surface area contributed by atoms with Crippen LogP contribution in [0.2, 0.25) is 0 Å². The van der Waals surface area contributed by atoms with Gasteiger partial charge in [-0.25, -0.2) is 9.59 Å². The number of unbranched alkanes of at least 4 members (excludes halogenated alkanes) is 1. The first-order valence-electron chi connectivity index (χ1n) is 17.7. The van der Waals surface area contributed by atoms with E-state index in [4.69, 9.17) is 9.47 Å². The molecule has 3 amide bonds. The van der Waals surface area contributed by atoms with Gasteiger partial charge >= 0.3 is 18.2 Å². The summed E-state index contributed by atoms with van der Waals surface area (Å²) >= 11 is 0. The number of alkyl halides is 3. The van der Waals surface area contributed by atoms with E-state index in [1.807, 2.05) is 44.2 Å². The predicted octanol–water partition coefficient (Wildman–Crippen LogP) is 6.59. The predicted molar refractivity (Wildman–Crippen MR) is 191 cm³/mol. The van der Waals surface area contributed by atoms with Gasteiger partial charge in [0.1, 0.15) is 11.6 Å². The molecule has 0 aliphatic carbocycles. The third kappa shape index (κ3) is 16.3. The number of ether oxygens (including phenoxy) is 2. The number of benzene rings is 2. The van der Waals surface area contributed by atoms with Crippen LogP contribution in [0.4, 0.5) is 18.0 Å². The van der Waals surface area contributed by atoms with Crippen molar-refractivity contribution in [2.75, 3.05) is 13.7 Å². The fourth-order valence-corrected chi connectivity index (χ4v) is 5.58. The van der Waals surface area contributed by atoms with E-state index >= 15 is 0 Å². The minimum atomic E-state index is -4.47. The molecule has 0 fully saturated rings. The summed E-state index contributed by atoms with van der Waals surface area (Å²) in [4.78, 5) is 65.5. The number of rotatable bonds is 19. The van der Waals surface area contributed by atoms with Crippen molar-refractivity contribution in [3.8, 4) is 0 Å². The zero-order valence-electron chi connectivity index (χ0n) is 31.2. The van der Waals surface area contributed by atoms with Gasteiger partial charge in [0.05, 0.1) is 18.7 Å². The summed E-state index contributed by atoms with van der Waals surface area (Å²) in [5, 5.41) is 8.25. The average molecular weight is 734 g/mol. The highest BCUT2D eigenvalue weighted by atomic mass is 19.4. The number of halogens is 3. The lowest BCUT2D eigenvalue weighted by Gasteiger charge is -2.25. The first-order valence-corrected chi connectivity index (χ1v) is 17.7. The maximum Gasteiger partial charge on any atom is 0.416 e. The van der Waals surface area contributed by atoms with Gasteiger partial charge in [-0.1, -0.05) is 63.2 Å². The van der Waals surface area contributed by atoms with Crippen LogP contribution in [0.5, 0.6) is 0 Å². The number of nitrogens with one attached hydrogen (secondary N) is 3. The monoisotopic (exact) mass is 733 g/mol. The number of alkyl carbamates (subject to hydrolysis) is 1. The number of amides is 3. The molecule has 2 aromatic carbocycles. The van der Waals surface area contributed by atoms with E-state index in [0.717, 1.165) is 17.7 Å². The van der Waals surface area contributed by atoms with E-state index in [1.165, 1.54) is 19.2 Å². The molecule has 0 spiro atoms. The Bertz CT molecular complexity index is 1460. The Kier molecular flexibility index (Phi) is 17.3. The van der Waals surface area contributed by atoms with Crippen molar-refractivity contribution in [3.63, 3.8) is 0 Å². The molecule has 0 radical (unpaired) electrons. The molecule has 3 N–H and O–H groups in total. The zero-order valence-corrected chi connectivity index (χ0v) is 31.2. The molecule has 0 unspecified atom stereocenters. The van der Waals surface area contributed by atoms with Crippen LogP contribution in [0.15, 0.2) is 54.6 Å². The van der Waals surface area contributed by atoms with Crippen LogP contribution in [-0.2, 0) is 47.7 Å². The Morgan fingerprint density at radius 1 is 0.769 bits per heavy atom. The normalized spacial score (nSPS) is 14.1. The van der Waals surface area contributed by atoms with E-state index in [9.17, 15) is 37.1 Å². The summed E-state index contributed by atoms with van der Waals surface area (Å²) < 4.78 is 49.2. The van der Waals surface area contributed by atoms with Gasteiger partial charge in [0.2, 0.25) is 11.8 Å². The van der Waals surface area contributed by atoms with Crippen molar-refractivity contribution in [2.45, 2.75) is 110 Å². The molecule has 0 aliphatic rings. The molecule has 0 heterocycles. The Morgan fingerprint density at radius 3 is 1.92 bits per heavy atom. The van der Waals surface area contributed by atoms with Crippen molar-refractivity contribution in [1.82, 2.24) is 16.0 Å². The topological polar surface area (TPSA) is 140 Å². The molecule has 0 aromatic heterocycles. The van der Waals surface area contributed by atoms with Crippen molar-refractivity contribution in [1.29, 1.82) is 0 Å². The molecule has 2 rings (SSSR count). The number of carbonyl (C=O) groups excluding carboxylic acids is 5. The van der Waals surface area contributed by atoms with Crippen LogP contribution in [-0.4, -0.2) is 61.0 Å². The van der Waals surface area contributed by atoms with Gasteiger partial charge in [0.25, 0.3) is 0 Å². The second kappa shape index (κ2) is 20.6. The third-order valence-electron chi connectivity index (χ3n) is 8.22. The number of hydrogen-bond donors (Lipinski definition) is 3. The van der Waals surface area contributed by atoms with Gasteiger partial charge in [0.15, 0.2) is 5.78 Å². The third-order valence-corrected chi connectivity index (χ3v) is 8.22. The fourth-order valence-electron chi connectivity index (χ4n) is 5.58. The molecule has 10 nitrogen and oxygen atoms in total. The highest BCUT2D eigenvalue weighted by Crippen LogP contribution is 2.29. The highest BCUT2D eigenvalue weighted by Gasteiger charge is 2.33. The lowest BCUT2D eigenvalue weighted by Crippen LogP contribution is -2.48. The summed E-state index contributed by atoms with van der Waals surface area (Å²) in [5.74, 6) is -3.42. The number of hydrogen-bond acceptors (Lipinski definition) is 7. The van der Waals surface area contributed by atoms with Gasteiger partial charge in [-0.15, -0.1) is 0 Å². The second-order valence-electron chi connectivity index (χ2n) is 14.6. The van der Waals surface area contributed by atoms with Crippen molar-refractivity contribution in [3.05, 3.63) is 71.3 Å². The Labute approximate surface area is 305 Å². The van der Waals surface area contributed by atoms with E-state index in [1.54, 1.807) is 27.7 Å². The molecule has 13 heteroatoms. The van der Waals surface area contributed by atoms with Crippen molar-refractivity contribution >= 4 is 29.7 Å². The van der Waals surface area contributed by atoms with E-state index < -0.39 is 65.1 Å². The molecule has 0 aliphatic heterocycles. The van der Waals surface area contributed by atoms with Crippen molar-refractivity contribution in [2.24, 2.45) is 17.8 Å². The molecule has 0 saturated carbocycles. The van der Waals surface area contributed by atoms with Crippen molar-refractivity contribution < 1.29 is 46.6 Å². The van der Waals surface area contributed by atoms with Crippen LogP contribution in [0.25, 0.3) is 0 Å². The quantitative estimate of drug-likeness (QED) is 0.109. The molecule has 4 atom stereocenters. The number of ketones is 1.